The van der Waals surface area contributed by atoms with Crippen LogP contribution in [-0.2, 0) is 4.79 Å². The smallest absolute Gasteiger partial charge is 0.354 e. The monoisotopic (exact) mass is 206 g/mol. The van der Waals surface area contributed by atoms with Gasteiger partial charge in [0, 0.05) is 5.92 Å². The molecule has 0 spiro atoms. The summed E-state index contributed by atoms with van der Waals surface area (Å²) in [4.78, 5) is 25.5. The highest BCUT2D eigenvalue weighted by atomic mass is 16.4. The van der Waals surface area contributed by atoms with Gasteiger partial charge in [-0.2, -0.15) is 0 Å². The van der Waals surface area contributed by atoms with Crippen LogP contribution < -0.4 is 5.32 Å². The molecule has 0 atom stereocenters. The molecule has 1 aromatic rings. The lowest BCUT2D eigenvalue weighted by Gasteiger charge is -2.03. The molecule has 0 bridgehead atoms. The van der Waals surface area contributed by atoms with Crippen LogP contribution in [0.2, 0.25) is 0 Å². The first-order chi connectivity index (χ1) is 7.16. The topological polar surface area (TPSA) is 79.3 Å². The molecule has 1 aliphatic rings. The molecule has 0 radical (unpaired) electrons. The van der Waals surface area contributed by atoms with E-state index in [1.165, 1.54) is 18.3 Å². The standard InChI is InChI=1S/C10H10N2O3/c13-9(6-1-2-6)12-7-3-4-8(10(14)15)11-5-7/h3-6H,1-2H2,(H,12,13)(H,14,15). The first kappa shape index (κ1) is 9.64. The lowest BCUT2D eigenvalue weighted by molar-refractivity contribution is -0.117. The second-order valence-electron chi connectivity index (χ2n) is 3.50. The Morgan fingerprint density at radius 3 is 2.60 bits per heavy atom. The fraction of sp³-hybridized carbons (Fsp3) is 0.300. The molecule has 1 heterocycles. The number of carbonyl (C=O) groups is 2. The number of nitrogens with one attached hydrogen (secondary N) is 1. The molecular formula is C10H10N2O3. The molecule has 5 nitrogen and oxygen atoms in total. The van der Waals surface area contributed by atoms with Crippen LogP contribution in [0.25, 0.3) is 0 Å². The minimum absolute atomic E-state index is 0.0140. The van der Waals surface area contributed by atoms with Gasteiger partial charge in [0.25, 0.3) is 0 Å². The van der Waals surface area contributed by atoms with E-state index in [1.54, 1.807) is 0 Å². The van der Waals surface area contributed by atoms with Gasteiger partial charge in [-0.15, -0.1) is 0 Å². The maximum atomic E-state index is 11.3. The van der Waals surface area contributed by atoms with Gasteiger partial charge >= 0.3 is 5.97 Å². The summed E-state index contributed by atoms with van der Waals surface area (Å²) in [7, 11) is 0. The normalized spacial score (nSPS) is 14.7. The van der Waals surface area contributed by atoms with E-state index in [1.807, 2.05) is 0 Å². The number of carboxylic acid groups (broad SMARTS) is 1. The average molecular weight is 206 g/mol. The molecule has 0 aliphatic heterocycles. The van der Waals surface area contributed by atoms with Crippen molar-refractivity contribution in [1.82, 2.24) is 4.98 Å². The Hall–Kier alpha value is -1.91. The van der Waals surface area contributed by atoms with Crippen LogP contribution in [0.5, 0.6) is 0 Å². The number of aromatic carboxylic acids is 1. The van der Waals surface area contributed by atoms with Gasteiger partial charge in [-0.25, -0.2) is 9.78 Å². The highest BCUT2D eigenvalue weighted by Crippen LogP contribution is 2.29. The fourth-order valence-corrected chi connectivity index (χ4v) is 1.18. The van der Waals surface area contributed by atoms with Crippen molar-refractivity contribution < 1.29 is 14.7 Å². The molecule has 1 fully saturated rings. The molecule has 15 heavy (non-hydrogen) atoms. The molecule has 1 aromatic heterocycles. The molecule has 1 aliphatic carbocycles. The lowest BCUT2D eigenvalue weighted by atomic mass is 10.3. The second-order valence-corrected chi connectivity index (χ2v) is 3.50. The molecule has 1 amide bonds. The Labute approximate surface area is 86.1 Å². The van der Waals surface area contributed by atoms with Gasteiger partial charge < -0.3 is 10.4 Å². The van der Waals surface area contributed by atoms with Gasteiger partial charge in [-0.05, 0) is 25.0 Å². The molecule has 78 valence electrons. The number of amides is 1. The third kappa shape index (κ3) is 2.31. The number of aromatic nitrogens is 1. The van der Waals surface area contributed by atoms with Crippen molar-refractivity contribution >= 4 is 17.6 Å². The van der Waals surface area contributed by atoms with E-state index in [4.69, 9.17) is 5.11 Å². The zero-order valence-corrected chi connectivity index (χ0v) is 7.93. The average Bonchev–Trinajstić information content (AvgIpc) is 3.01. The van der Waals surface area contributed by atoms with Crippen molar-refractivity contribution in [3.05, 3.63) is 24.0 Å². The van der Waals surface area contributed by atoms with Crippen LogP contribution >= 0.6 is 0 Å². The predicted octanol–water partition coefficient (Wildman–Crippen LogP) is 1.13. The van der Waals surface area contributed by atoms with Crippen LogP contribution in [0.1, 0.15) is 23.3 Å². The van der Waals surface area contributed by atoms with Gasteiger partial charge in [0.2, 0.25) is 5.91 Å². The van der Waals surface area contributed by atoms with E-state index < -0.39 is 5.97 Å². The summed E-state index contributed by atoms with van der Waals surface area (Å²) in [6.45, 7) is 0. The number of pyridine rings is 1. The summed E-state index contributed by atoms with van der Waals surface area (Å²) in [5.41, 5.74) is 0.510. The van der Waals surface area contributed by atoms with E-state index in [0.29, 0.717) is 5.69 Å². The molecule has 1 saturated carbocycles. The van der Waals surface area contributed by atoms with Crippen LogP contribution in [0.4, 0.5) is 5.69 Å². The van der Waals surface area contributed by atoms with Crippen molar-refractivity contribution in [2.24, 2.45) is 5.92 Å². The summed E-state index contributed by atoms with van der Waals surface area (Å²) < 4.78 is 0. The van der Waals surface area contributed by atoms with Crippen LogP contribution in [0.3, 0.4) is 0 Å². The fourth-order valence-electron chi connectivity index (χ4n) is 1.18. The molecule has 2 rings (SSSR count). The van der Waals surface area contributed by atoms with Crippen molar-refractivity contribution in [1.29, 1.82) is 0 Å². The summed E-state index contributed by atoms with van der Waals surface area (Å²) >= 11 is 0. The third-order valence-electron chi connectivity index (χ3n) is 2.20. The van der Waals surface area contributed by atoms with Crippen LogP contribution in [0.15, 0.2) is 18.3 Å². The number of carbonyl (C=O) groups excluding carboxylic acids is 1. The SMILES string of the molecule is O=C(O)c1ccc(NC(=O)C2CC2)cn1. The molecule has 0 unspecified atom stereocenters. The Kier molecular flexibility index (Phi) is 2.37. The molecule has 5 heteroatoms. The van der Waals surface area contributed by atoms with Gasteiger partial charge in [0.05, 0.1) is 11.9 Å². The van der Waals surface area contributed by atoms with Crippen molar-refractivity contribution in [2.75, 3.05) is 5.32 Å². The largest absolute Gasteiger partial charge is 0.477 e. The number of hydrogen-bond acceptors (Lipinski definition) is 3. The first-order valence-electron chi connectivity index (χ1n) is 4.67. The molecule has 0 aromatic carbocycles. The van der Waals surface area contributed by atoms with Gasteiger partial charge in [-0.1, -0.05) is 0 Å². The highest BCUT2D eigenvalue weighted by molar-refractivity contribution is 5.94. The van der Waals surface area contributed by atoms with E-state index in [0.717, 1.165) is 12.8 Å². The maximum absolute atomic E-state index is 11.3. The second kappa shape index (κ2) is 3.68. The summed E-state index contributed by atoms with van der Waals surface area (Å²) in [6.07, 6.45) is 3.22. The number of hydrogen-bond donors (Lipinski definition) is 2. The van der Waals surface area contributed by atoms with Crippen LogP contribution in [0, 0.1) is 5.92 Å². The Bertz CT molecular complexity index is 396. The molecule has 2 N–H and O–H groups in total. The number of anilines is 1. The Morgan fingerprint density at radius 1 is 1.40 bits per heavy atom. The summed E-state index contributed by atoms with van der Waals surface area (Å²) in [5.74, 6) is -0.959. The van der Waals surface area contributed by atoms with Gasteiger partial charge in [0.15, 0.2) is 0 Å². The molecule has 0 saturated heterocycles. The quantitative estimate of drug-likeness (QED) is 0.776. The van der Waals surface area contributed by atoms with Gasteiger partial charge in [0.1, 0.15) is 5.69 Å². The Balaban J connectivity index is 2.03. The Morgan fingerprint density at radius 2 is 2.13 bits per heavy atom. The van der Waals surface area contributed by atoms with Crippen molar-refractivity contribution in [2.45, 2.75) is 12.8 Å². The first-order valence-corrected chi connectivity index (χ1v) is 4.67. The number of rotatable bonds is 3. The lowest BCUT2D eigenvalue weighted by Crippen LogP contribution is -2.13. The predicted molar refractivity (Wildman–Crippen MR) is 52.6 cm³/mol. The highest BCUT2D eigenvalue weighted by Gasteiger charge is 2.29. The van der Waals surface area contributed by atoms with E-state index >= 15 is 0 Å². The number of nitrogens with zero attached hydrogens (tertiary/aromatic N) is 1. The van der Waals surface area contributed by atoms with E-state index in [2.05, 4.69) is 10.3 Å². The minimum Gasteiger partial charge on any atom is -0.477 e. The van der Waals surface area contributed by atoms with E-state index in [9.17, 15) is 9.59 Å². The van der Waals surface area contributed by atoms with Crippen LogP contribution in [-0.4, -0.2) is 22.0 Å². The maximum Gasteiger partial charge on any atom is 0.354 e. The summed E-state index contributed by atoms with van der Waals surface area (Å²) in [5, 5.41) is 11.3. The number of carboxylic acids is 1. The molecular weight excluding hydrogens is 196 g/mol. The zero-order valence-electron chi connectivity index (χ0n) is 7.93. The minimum atomic E-state index is -1.07. The third-order valence-corrected chi connectivity index (χ3v) is 2.20. The summed E-state index contributed by atoms with van der Waals surface area (Å²) in [6, 6.07) is 2.90. The van der Waals surface area contributed by atoms with Gasteiger partial charge in [-0.3, -0.25) is 4.79 Å². The van der Waals surface area contributed by atoms with Crippen molar-refractivity contribution in [3.63, 3.8) is 0 Å². The zero-order chi connectivity index (χ0) is 10.8. The van der Waals surface area contributed by atoms with Crippen molar-refractivity contribution in [3.8, 4) is 0 Å². The van der Waals surface area contributed by atoms with E-state index in [-0.39, 0.29) is 17.5 Å².